The minimum atomic E-state index is -0.558. The predicted molar refractivity (Wildman–Crippen MR) is 124 cm³/mol. The number of carbonyl (C=O) groups is 2. The monoisotopic (exact) mass is 417 g/mol. The third-order valence-corrected chi connectivity index (χ3v) is 5.66. The first kappa shape index (κ1) is 22.5. The van der Waals surface area contributed by atoms with E-state index in [9.17, 15) is 14.7 Å². The van der Waals surface area contributed by atoms with Crippen LogP contribution in [0.25, 0.3) is 6.08 Å². The summed E-state index contributed by atoms with van der Waals surface area (Å²) >= 11 is 0. The zero-order valence-corrected chi connectivity index (χ0v) is 18.2. The molecule has 1 amide bonds. The highest BCUT2D eigenvalue weighted by Crippen LogP contribution is 2.38. The molecule has 0 aliphatic carbocycles. The van der Waals surface area contributed by atoms with E-state index in [4.69, 9.17) is 0 Å². The van der Waals surface area contributed by atoms with E-state index >= 15 is 0 Å². The van der Waals surface area contributed by atoms with Gasteiger partial charge in [-0.1, -0.05) is 106 Å². The van der Waals surface area contributed by atoms with Crippen molar-refractivity contribution in [2.45, 2.75) is 51.5 Å². The smallest absolute Gasteiger partial charge is 0.290 e. The first-order chi connectivity index (χ1) is 15.1. The van der Waals surface area contributed by atoms with E-state index in [1.54, 1.807) is 11.0 Å². The topological polar surface area (TPSA) is 57.6 Å². The molecular formula is C27H31NO3. The fourth-order valence-corrected chi connectivity index (χ4v) is 4.01. The highest BCUT2D eigenvalue weighted by atomic mass is 16.3. The minimum absolute atomic E-state index is 0.161. The van der Waals surface area contributed by atoms with Crippen molar-refractivity contribution in [3.63, 3.8) is 0 Å². The van der Waals surface area contributed by atoms with Crippen LogP contribution in [0.3, 0.4) is 0 Å². The first-order valence-corrected chi connectivity index (χ1v) is 11.2. The number of ketones is 1. The number of nitrogens with zero attached hydrogens (tertiary/aromatic N) is 1. The Kier molecular flexibility index (Phi) is 8.22. The number of allylic oxidation sites excluding steroid dienone is 1. The predicted octanol–water partition coefficient (Wildman–Crippen LogP) is 6.03. The molecule has 0 spiro atoms. The molecule has 1 unspecified atom stereocenters. The molecule has 0 aromatic heterocycles. The van der Waals surface area contributed by atoms with Crippen molar-refractivity contribution in [3.8, 4) is 0 Å². The van der Waals surface area contributed by atoms with Gasteiger partial charge < -0.3 is 10.0 Å². The van der Waals surface area contributed by atoms with Gasteiger partial charge in [0.1, 0.15) is 0 Å². The Bertz CT molecular complexity index is 931. The molecule has 1 atom stereocenters. The fraction of sp³-hybridized carbons (Fsp3) is 0.333. The van der Waals surface area contributed by atoms with Gasteiger partial charge in [-0.2, -0.15) is 0 Å². The first-order valence-electron chi connectivity index (χ1n) is 11.2. The normalized spacial score (nSPS) is 16.5. The van der Waals surface area contributed by atoms with Crippen LogP contribution in [0.4, 0.5) is 0 Å². The molecule has 0 saturated heterocycles. The number of unbranched alkanes of at least 4 members (excludes halogenated alkanes) is 5. The summed E-state index contributed by atoms with van der Waals surface area (Å²) in [5.74, 6) is -1.23. The average Bonchev–Trinajstić information content (AvgIpc) is 3.06. The van der Waals surface area contributed by atoms with Gasteiger partial charge >= 0.3 is 0 Å². The highest BCUT2D eigenvalue weighted by Gasteiger charge is 2.42. The summed E-state index contributed by atoms with van der Waals surface area (Å²) in [4.78, 5) is 27.6. The number of benzene rings is 2. The standard InChI is InChI=1S/C27H31NO3/c1-2-3-4-5-6-13-20-28-25(22-16-11-8-12-17-22)24(26(30)27(28)31)23(29)19-18-21-14-9-7-10-15-21/h7-12,14-19,25,30H,2-6,13,20H2,1H3/b19-18+. The zero-order chi connectivity index (χ0) is 22.1. The molecule has 31 heavy (non-hydrogen) atoms. The summed E-state index contributed by atoms with van der Waals surface area (Å²) in [6, 6.07) is 18.4. The van der Waals surface area contributed by atoms with Crippen molar-refractivity contribution in [2.24, 2.45) is 0 Å². The Morgan fingerprint density at radius 3 is 2.23 bits per heavy atom. The van der Waals surface area contributed by atoms with Gasteiger partial charge in [-0.05, 0) is 23.6 Å². The lowest BCUT2D eigenvalue weighted by atomic mass is 9.95. The maximum atomic E-state index is 13.1. The van der Waals surface area contributed by atoms with Gasteiger partial charge in [0.2, 0.25) is 0 Å². The molecule has 0 radical (unpaired) electrons. The molecule has 1 aliphatic rings. The highest BCUT2D eigenvalue weighted by molar-refractivity contribution is 6.14. The largest absolute Gasteiger partial charge is 0.503 e. The Morgan fingerprint density at radius 2 is 1.55 bits per heavy atom. The average molecular weight is 418 g/mol. The Balaban J connectivity index is 1.80. The SMILES string of the molecule is CCCCCCCCN1C(=O)C(O)=C(C(=O)/C=C/c2ccccc2)C1c1ccccc1. The van der Waals surface area contributed by atoms with Crippen molar-refractivity contribution < 1.29 is 14.7 Å². The molecule has 2 aromatic rings. The molecule has 1 aliphatic heterocycles. The van der Waals surface area contributed by atoms with E-state index < -0.39 is 17.7 Å². The Hall–Kier alpha value is -3.14. The van der Waals surface area contributed by atoms with Crippen LogP contribution >= 0.6 is 0 Å². The molecule has 1 N–H and O–H groups in total. The van der Waals surface area contributed by atoms with Crippen LogP contribution in [0.2, 0.25) is 0 Å². The van der Waals surface area contributed by atoms with Gasteiger partial charge in [-0.15, -0.1) is 0 Å². The maximum Gasteiger partial charge on any atom is 0.290 e. The minimum Gasteiger partial charge on any atom is -0.503 e. The number of carbonyl (C=O) groups excluding carboxylic acids is 2. The van der Waals surface area contributed by atoms with E-state index in [0.717, 1.165) is 30.4 Å². The van der Waals surface area contributed by atoms with Gasteiger partial charge in [-0.3, -0.25) is 9.59 Å². The second kappa shape index (κ2) is 11.3. The second-order valence-electron chi connectivity index (χ2n) is 7.95. The van der Waals surface area contributed by atoms with Crippen LogP contribution in [-0.2, 0) is 9.59 Å². The summed E-state index contributed by atoms with van der Waals surface area (Å²) in [7, 11) is 0. The lowest BCUT2D eigenvalue weighted by molar-refractivity contribution is -0.129. The summed E-state index contributed by atoms with van der Waals surface area (Å²) < 4.78 is 0. The Labute approximate surface area is 184 Å². The molecule has 162 valence electrons. The van der Waals surface area contributed by atoms with Crippen LogP contribution in [0.1, 0.15) is 62.6 Å². The van der Waals surface area contributed by atoms with Crippen molar-refractivity contribution in [2.75, 3.05) is 6.54 Å². The van der Waals surface area contributed by atoms with Gasteiger partial charge in [0.05, 0.1) is 11.6 Å². The van der Waals surface area contributed by atoms with Crippen LogP contribution in [0.15, 0.2) is 78.1 Å². The lowest BCUT2D eigenvalue weighted by Gasteiger charge is -2.26. The van der Waals surface area contributed by atoms with E-state index in [2.05, 4.69) is 6.92 Å². The molecule has 3 rings (SSSR count). The van der Waals surface area contributed by atoms with Crippen LogP contribution in [0, 0.1) is 0 Å². The van der Waals surface area contributed by atoms with Crippen molar-refractivity contribution in [1.82, 2.24) is 4.90 Å². The van der Waals surface area contributed by atoms with Gasteiger partial charge in [0.15, 0.2) is 11.5 Å². The van der Waals surface area contributed by atoms with Crippen molar-refractivity contribution in [1.29, 1.82) is 0 Å². The summed E-state index contributed by atoms with van der Waals surface area (Å²) in [5, 5.41) is 10.6. The molecule has 4 heteroatoms. The number of amides is 1. The van der Waals surface area contributed by atoms with Crippen LogP contribution < -0.4 is 0 Å². The van der Waals surface area contributed by atoms with Gasteiger partial charge in [-0.25, -0.2) is 0 Å². The molecule has 4 nitrogen and oxygen atoms in total. The zero-order valence-electron chi connectivity index (χ0n) is 18.2. The molecule has 2 aromatic carbocycles. The molecule has 0 bridgehead atoms. The van der Waals surface area contributed by atoms with Crippen LogP contribution in [0.5, 0.6) is 0 Å². The lowest BCUT2D eigenvalue weighted by Crippen LogP contribution is -2.32. The number of aliphatic hydroxyl groups is 1. The number of rotatable bonds is 11. The van der Waals surface area contributed by atoms with E-state index in [1.807, 2.05) is 60.7 Å². The number of aliphatic hydroxyl groups excluding tert-OH is 1. The quantitative estimate of drug-likeness (QED) is 0.359. The van der Waals surface area contributed by atoms with Crippen LogP contribution in [-0.4, -0.2) is 28.2 Å². The van der Waals surface area contributed by atoms with Crippen molar-refractivity contribution in [3.05, 3.63) is 89.2 Å². The summed E-state index contributed by atoms with van der Waals surface area (Å²) in [6.45, 7) is 2.71. The molecule has 1 heterocycles. The van der Waals surface area contributed by atoms with Crippen molar-refractivity contribution >= 4 is 17.8 Å². The van der Waals surface area contributed by atoms with E-state index in [0.29, 0.717) is 6.54 Å². The molecule has 0 saturated carbocycles. The summed E-state index contributed by atoms with van der Waals surface area (Å²) in [6.07, 6.45) is 9.80. The summed E-state index contributed by atoms with van der Waals surface area (Å²) in [5.41, 5.74) is 1.89. The second-order valence-corrected chi connectivity index (χ2v) is 7.95. The third-order valence-electron chi connectivity index (χ3n) is 5.66. The number of hydrogen-bond acceptors (Lipinski definition) is 3. The third kappa shape index (κ3) is 5.72. The Morgan fingerprint density at radius 1 is 0.935 bits per heavy atom. The van der Waals surface area contributed by atoms with E-state index in [-0.39, 0.29) is 11.4 Å². The fourth-order valence-electron chi connectivity index (χ4n) is 4.01. The van der Waals surface area contributed by atoms with Gasteiger partial charge in [0.25, 0.3) is 5.91 Å². The molecular weight excluding hydrogens is 386 g/mol. The maximum absolute atomic E-state index is 13.1. The number of hydrogen-bond donors (Lipinski definition) is 1. The van der Waals surface area contributed by atoms with Gasteiger partial charge in [0, 0.05) is 6.54 Å². The van der Waals surface area contributed by atoms with E-state index in [1.165, 1.54) is 25.3 Å². The molecule has 0 fully saturated rings.